The largest absolute Gasteiger partial charge is 0.481 e. The molecular weight excluding hydrogens is 891 g/mol. The van der Waals surface area contributed by atoms with E-state index in [-0.39, 0.29) is 123 Å². The smallest absolute Gasteiger partial charge is 0.302 e. The second-order valence-electron chi connectivity index (χ2n) is 7.09. The van der Waals surface area contributed by atoms with Gasteiger partial charge < -0.3 is 27.1 Å². The molecule has 0 aliphatic carbocycles. The number of carbonyl (C=O) groups is 4. The van der Waals surface area contributed by atoms with Gasteiger partial charge in [-0.05, 0) is 10.8 Å². The van der Waals surface area contributed by atoms with Crippen LogP contribution in [0.1, 0.15) is 27.7 Å². The Hall–Kier alpha value is -1.49. The molecule has 0 aliphatic heterocycles. The summed E-state index contributed by atoms with van der Waals surface area (Å²) in [5.41, 5.74) is 0. The molecule has 0 bridgehead atoms. The topological polar surface area (TPSA) is 127 Å². The van der Waals surface area contributed by atoms with Crippen LogP contribution in [0, 0.1) is 78.6 Å². The number of ether oxygens (including phenoxy) is 2. The fourth-order valence-corrected chi connectivity index (χ4v) is 1.90. The molecule has 4 aromatic rings. The maximum absolute atomic E-state index is 9.59. The number of esters is 2. The first kappa shape index (κ1) is 58.1. The number of hydrogen-bond donors (Lipinski definition) is 2. The van der Waals surface area contributed by atoms with Crippen molar-refractivity contribution in [3.8, 4) is 0 Å². The number of benzene rings is 4. The molecule has 0 unspecified atom stereocenters. The molecule has 44 heavy (non-hydrogen) atoms. The maximum atomic E-state index is 9.59. The molecule has 0 spiro atoms. The van der Waals surface area contributed by atoms with Crippen LogP contribution in [0.15, 0.2) is 121 Å². The summed E-state index contributed by atoms with van der Waals surface area (Å²) in [5.74, 6) is -2.16. The van der Waals surface area contributed by atoms with Gasteiger partial charge in [0.2, 0.25) is 0 Å². The van der Waals surface area contributed by atoms with E-state index < -0.39 is 11.9 Å². The van der Waals surface area contributed by atoms with E-state index in [4.69, 9.17) is 19.8 Å². The predicted octanol–water partition coefficient (Wildman–Crippen LogP) is 7.20. The van der Waals surface area contributed by atoms with Crippen molar-refractivity contribution in [1.29, 1.82) is 0 Å². The van der Waals surface area contributed by atoms with E-state index in [1.54, 1.807) is 0 Å². The van der Waals surface area contributed by atoms with Gasteiger partial charge in [-0.15, -0.1) is 0 Å². The Bertz CT molecular complexity index is 982. The average Bonchev–Trinajstić information content (AvgIpc) is 2.96. The minimum absolute atomic E-state index is 0. The molecule has 0 amide bonds. The molecule has 0 aromatic heterocycles. The van der Waals surface area contributed by atoms with Gasteiger partial charge in [0.15, 0.2) is 0 Å². The molecule has 0 heterocycles. The fraction of sp³-hybridized carbons (Fsp3) is 0.182. The summed E-state index contributed by atoms with van der Waals surface area (Å²) in [6, 6.07) is 40.7. The molecule has 0 fully saturated rings. The number of carboxylic acid groups (broad SMARTS) is 2. The van der Waals surface area contributed by atoms with E-state index >= 15 is 0 Å². The zero-order chi connectivity index (χ0) is 31.0. The number of carbonyl (C=O) groups excluding carboxylic acids is 2. The monoisotopic (exact) mass is 934 g/mol. The molecule has 0 saturated heterocycles. The molecule has 3 radical (unpaired) electrons. The zero-order valence-corrected chi connectivity index (χ0v) is 36.7. The van der Waals surface area contributed by atoms with Crippen LogP contribution in [0.5, 0.6) is 0 Å². The number of aliphatic carboxylic acids is 2. The van der Waals surface area contributed by atoms with Crippen LogP contribution in [-0.4, -0.2) is 48.3 Å². The molecule has 2 N–H and O–H groups in total. The molecule has 233 valence electrons. The van der Waals surface area contributed by atoms with Crippen LogP contribution in [0.4, 0.5) is 0 Å². The molecule has 4 rings (SSSR count). The summed E-state index contributed by atoms with van der Waals surface area (Å²) in [4.78, 5) is 37.2. The summed E-state index contributed by atoms with van der Waals surface area (Å²) >= 11 is 0. The van der Waals surface area contributed by atoms with Crippen molar-refractivity contribution in [2.45, 2.75) is 27.7 Å². The minimum atomic E-state index is -0.833. The SMILES string of the molecule is CC(=O)O.CC(=O)O.COC(C)=O.COC(C)=O.[CH3-].[La].[La].[Y].c1ccc2ccccc2c1.c1ccccc1.c1ccccc1. The summed E-state index contributed by atoms with van der Waals surface area (Å²) in [6.07, 6.45) is 0. The van der Waals surface area contributed by atoms with Crippen molar-refractivity contribution in [1.82, 2.24) is 0 Å². The van der Waals surface area contributed by atoms with Crippen molar-refractivity contribution in [3.05, 3.63) is 129 Å². The van der Waals surface area contributed by atoms with E-state index in [9.17, 15) is 9.59 Å². The number of fused-ring (bicyclic) bond motifs is 1. The van der Waals surface area contributed by atoms with Crippen LogP contribution < -0.4 is 0 Å². The van der Waals surface area contributed by atoms with Gasteiger partial charge >= 0.3 is 11.9 Å². The number of carboxylic acids is 2. The van der Waals surface area contributed by atoms with Gasteiger partial charge in [-0.1, -0.05) is 121 Å². The molecule has 0 aliphatic rings. The van der Waals surface area contributed by atoms with E-state index in [0.717, 1.165) is 13.8 Å². The Kier molecular flexibility index (Phi) is 60.6. The standard InChI is InChI=1S/C10H8.2C6H6.2C3H6O2.2C2H4O2.CH3.2La.Y/c1-2-6-10-8-4-3-7-9(10)5-1;2*1-2-4-6-5-3-1;2*1-3(4)5-2;2*1-2(3)4;;;;/h1-8H;2*1-6H;2*1-2H3;2*1H3,(H,3,4);1H3;;;/q;;;;;;;-1;;;. The van der Waals surface area contributed by atoms with Crippen LogP contribution in [0.3, 0.4) is 0 Å². The minimum Gasteiger partial charge on any atom is -0.481 e. The maximum Gasteiger partial charge on any atom is 0.302 e. The Morgan fingerprint density at radius 3 is 0.659 bits per heavy atom. The van der Waals surface area contributed by atoms with Crippen molar-refractivity contribution in [2.75, 3.05) is 14.2 Å². The third kappa shape index (κ3) is 59.8. The first-order valence-electron chi connectivity index (χ1n) is 11.9. The van der Waals surface area contributed by atoms with Gasteiger partial charge in [0.25, 0.3) is 11.9 Å². The molecule has 0 saturated carbocycles. The number of methoxy groups -OCH3 is 2. The molecular formula is C33H43La2O8Y-. The average molecular weight is 934 g/mol. The van der Waals surface area contributed by atoms with Gasteiger partial charge in [-0.25, -0.2) is 0 Å². The molecule has 0 atom stereocenters. The van der Waals surface area contributed by atoms with Gasteiger partial charge in [0.1, 0.15) is 0 Å². The van der Waals surface area contributed by atoms with E-state index in [2.05, 4.69) is 58.0 Å². The van der Waals surface area contributed by atoms with Gasteiger partial charge in [-0.3, -0.25) is 19.2 Å². The van der Waals surface area contributed by atoms with Crippen molar-refractivity contribution in [3.63, 3.8) is 0 Å². The van der Waals surface area contributed by atoms with E-state index in [1.165, 1.54) is 38.8 Å². The van der Waals surface area contributed by atoms with Gasteiger partial charge in [-0.2, -0.15) is 0 Å². The quantitative estimate of drug-likeness (QED) is 0.140. The summed E-state index contributed by atoms with van der Waals surface area (Å²) < 4.78 is 8.22. The van der Waals surface area contributed by atoms with Crippen molar-refractivity contribution < 1.29 is 143 Å². The molecule has 4 aromatic carbocycles. The number of rotatable bonds is 0. The van der Waals surface area contributed by atoms with Crippen LogP contribution >= 0.6 is 0 Å². The van der Waals surface area contributed by atoms with Gasteiger partial charge in [0, 0.05) is 132 Å². The van der Waals surface area contributed by atoms with Crippen molar-refractivity contribution in [2.24, 2.45) is 0 Å². The van der Waals surface area contributed by atoms with Gasteiger partial charge in [0.05, 0.1) is 14.2 Å². The Morgan fingerprint density at radius 1 is 0.455 bits per heavy atom. The van der Waals surface area contributed by atoms with E-state index in [1.807, 2.05) is 72.8 Å². The third-order valence-corrected chi connectivity index (χ3v) is 3.57. The summed E-state index contributed by atoms with van der Waals surface area (Å²) in [5, 5.41) is 17.5. The predicted molar refractivity (Wildman–Crippen MR) is 165 cm³/mol. The van der Waals surface area contributed by atoms with E-state index in [0.29, 0.717) is 0 Å². The Labute approximate surface area is 343 Å². The summed E-state index contributed by atoms with van der Waals surface area (Å²) in [6.45, 7) is 4.89. The van der Waals surface area contributed by atoms with Crippen LogP contribution in [-0.2, 0) is 61.4 Å². The third-order valence-electron chi connectivity index (χ3n) is 3.57. The fourth-order valence-electron chi connectivity index (χ4n) is 1.90. The van der Waals surface area contributed by atoms with Crippen LogP contribution in [0.25, 0.3) is 10.8 Å². The summed E-state index contributed by atoms with van der Waals surface area (Å²) in [7, 11) is 2.70. The van der Waals surface area contributed by atoms with Crippen molar-refractivity contribution >= 4 is 34.6 Å². The zero-order valence-electron chi connectivity index (χ0n) is 26.6. The first-order valence-corrected chi connectivity index (χ1v) is 11.9. The number of hydrogen-bond acceptors (Lipinski definition) is 6. The second-order valence-corrected chi connectivity index (χ2v) is 7.09. The molecule has 11 heteroatoms. The molecule has 8 nitrogen and oxygen atoms in total. The normalized spacial score (nSPS) is 7.14. The Morgan fingerprint density at radius 2 is 0.568 bits per heavy atom. The second kappa shape index (κ2) is 45.9. The first-order chi connectivity index (χ1) is 19.0. The van der Waals surface area contributed by atoms with Crippen LogP contribution in [0.2, 0.25) is 0 Å². The Balaban J connectivity index is -0.0000000736.